The molecule has 0 radical (unpaired) electrons. The van der Waals surface area contributed by atoms with Crippen molar-refractivity contribution in [3.05, 3.63) is 59.7 Å². The van der Waals surface area contributed by atoms with Crippen LogP contribution in [0.4, 0.5) is 0 Å². The lowest BCUT2D eigenvalue weighted by Crippen LogP contribution is -2.35. The van der Waals surface area contributed by atoms with Crippen LogP contribution in [0.25, 0.3) is 0 Å². The zero-order valence-corrected chi connectivity index (χ0v) is 18.2. The van der Waals surface area contributed by atoms with Crippen molar-refractivity contribution in [3.8, 4) is 11.5 Å². The van der Waals surface area contributed by atoms with Crippen LogP contribution in [0.2, 0.25) is 0 Å². The number of hydrogen-bond donors (Lipinski definition) is 1. The van der Waals surface area contributed by atoms with Gasteiger partial charge in [-0.05, 0) is 49.6 Å². The monoisotopic (exact) mass is 385 g/mol. The molecular weight excluding hydrogens is 350 g/mol. The number of rotatable bonds is 9. The molecule has 0 heterocycles. The summed E-state index contributed by atoms with van der Waals surface area (Å²) in [6.07, 6.45) is 0. The van der Waals surface area contributed by atoms with Crippen molar-refractivity contribution >= 4 is 0 Å². The summed E-state index contributed by atoms with van der Waals surface area (Å²) >= 11 is 0. The molecule has 28 heavy (non-hydrogen) atoms. The Balaban J connectivity index is 1.79. The third-order valence-corrected chi connectivity index (χ3v) is 4.57. The average molecular weight is 386 g/mol. The molecular formula is C24H35NO3. The van der Waals surface area contributed by atoms with Gasteiger partial charge < -0.3 is 14.6 Å². The molecule has 0 aliphatic rings. The van der Waals surface area contributed by atoms with Gasteiger partial charge in [-0.25, -0.2) is 0 Å². The summed E-state index contributed by atoms with van der Waals surface area (Å²) in [4.78, 5) is 2.24. The van der Waals surface area contributed by atoms with Crippen molar-refractivity contribution in [1.29, 1.82) is 0 Å². The van der Waals surface area contributed by atoms with E-state index in [0.717, 1.165) is 18.7 Å². The second-order valence-corrected chi connectivity index (χ2v) is 9.07. The van der Waals surface area contributed by atoms with E-state index < -0.39 is 5.60 Å². The molecule has 0 aromatic heterocycles. The van der Waals surface area contributed by atoms with E-state index in [0.29, 0.717) is 19.0 Å². The molecule has 0 saturated heterocycles. The number of ether oxygens (including phenoxy) is 2. The van der Waals surface area contributed by atoms with Gasteiger partial charge in [-0.1, -0.05) is 57.2 Å². The lowest BCUT2D eigenvalue weighted by atomic mass is 9.87. The van der Waals surface area contributed by atoms with Gasteiger partial charge in [0.2, 0.25) is 0 Å². The highest BCUT2D eigenvalue weighted by atomic mass is 16.5. The van der Waals surface area contributed by atoms with Gasteiger partial charge in [-0.3, -0.25) is 4.90 Å². The second-order valence-electron chi connectivity index (χ2n) is 9.07. The SMILES string of the molecule is CN(CCOCC(C)(C)Oc1ccc(C(C)(C)C)cc1O)Cc1ccccc1. The minimum absolute atomic E-state index is 0.0135. The fraction of sp³-hybridized carbons (Fsp3) is 0.500. The van der Waals surface area contributed by atoms with Crippen LogP contribution in [0.1, 0.15) is 45.7 Å². The van der Waals surface area contributed by atoms with Gasteiger partial charge in [0.25, 0.3) is 0 Å². The predicted molar refractivity (Wildman–Crippen MR) is 115 cm³/mol. The molecule has 4 heteroatoms. The summed E-state index contributed by atoms with van der Waals surface area (Å²) in [5.74, 6) is 0.658. The number of aromatic hydroxyl groups is 1. The van der Waals surface area contributed by atoms with Gasteiger partial charge >= 0.3 is 0 Å². The maximum Gasteiger partial charge on any atom is 0.161 e. The van der Waals surface area contributed by atoms with Crippen LogP contribution in [0, 0.1) is 0 Å². The fourth-order valence-corrected chi connectivity index (χ4v) is 2.91. The highest BCUT2D eigenvalue weighted by Gasteiger charge is 2.23. The Hall–Kier alpha value is -2.04. The van der Waals surface area contributed by atoms with Gasteiger partial charge in [0.05, 0.1) is 13.2 Å². The van der Waals surface area contributed by atoms with Crippen molar-refractivity contribution in [2.24, 2.45) is 0 Å². The average Bonchev–Trinajstić information content (AvgIpc) is 2.60. The van der Waals surface area contributed by atoms with Crippen LogP contribution in [0.15, 0.2) is 48.5 Å². The Morgan fingerprint density at radius 3 is 2.25 bits per heavy atom. The highest BCUT2D eigenvalue weighted by Crippen LogP contribution is 2.34. The molecule has 2 aromatic rings. The minimum Gasteiger partial charge on any atom is -0.504 e. The lowest BCUT2D eigenvalue weighted by molar-refractivity contribution is -0.00939. The smallest absolute Gasteiger partial charge is 0.161 e. The van der Waals surface area contributed by atoms with E-state index in [1.54, 1.807) is 6.07 Å². The van der Waals surface area contributed by atoms with Crippen LogP contribution in [0.5, 0.6) is 11.5 Å². The molecule has 1 N–H and O–H groups in total. The Morgan fingerprint density at radius 2 is 1.64 bits per heavy atom. The van der Waals surface area contributed by atoms with Crippen LogP contribution in [0.3, 0.4) is 0 Å². The summed E-state index contributed by atoms with van der Waals surface area (Å²) in [6.45, 7) is 13.1. The first-order valence-corrected chi connectivity index (χ1v) is 9.89. The molecule has 0 bridgehead atoms. The molecule has 0 atom stereocenters. The van der Waals surface area contributed by atoms with E-state index in [-0.39, 0.29) is 11.2 Å². The number of phenols is 1. The molecule has 0 aliphatic heterocycles. The minimum atomic E-state index is -0.529. The summed E-state index contributed by atoms with van der Waals surface area (Å²) in [7, 11) is 2.09. The van der Waals surface area contributed by atoms with Crippen molar-refractivity contribution in [2.75, 3.05) is 26.8 Å². The van der Waals surface area contributed by atoms with Crippen molar-refractivity contribution in [2.45, 2.75) is 52.2 Å². The molecule has 0 spiro atoms. The topological polar surface area (TPSA) is 41.9 Å². The molecule has 2 aromatic carbocycles. The largest absolute Gasteiger partial charge is 0.504 e. The van der Waals surface area contributed by atoms with E-state index in [1.807, 2.05) is 32.0 Å². The van der Waals surface area contributed by atoms with E-state index in [2.05, 4.69) is 57.0 Å². The van der Waals surface area contributed by atoms with Crippen molar-refractivity contribution in [3.63, 3.8) is 0 Å². The first-order chi connectivity index (χ1) is 13.1. The molecule has 0 saturated carbocycles. The maximum atomic E-state index is 10.3. The summed E-state index contributed by atoms with van der Waals surface area (Å²) < 4.78 is 11.9. The molecule has 4 nitrogen and oxygen atoms in total. The molecule has 0 unspecified atom stereocenters. The predicted octanol–water partition coefficient (Wildman–Crippen LogP) is 5.00. The highest BCUT2D eigenvalue weighted by molar-refractivity contribution is 5.44. The van der Waals surface area contributed by atoms with Crippen LogP contribution < -0.4 is 4.74 Å². The first kappa shape index (κ1) is 22.3. The zero-order chi connectivity index (χ0) is 20.8. The number of nitrogens with zero attached hydrogens (tertiary/aromatic N) is 1. The fourth-order valence-electron chi connectivity index (χ4n) is 2.91. The Kier molecular flexibility index (Phi) is 7.50. The number of phenolic OH excluding ortho intramolecular Hbond substituents is 1. The van der Waals surface area contributed by atoms with Crippen LogP contribution in [-0.4, -0.2) is 42.4 Å². The molecule has 2 rings (SSSR count). The Bertz CT molecular complexity index is 735. The van der Waals surface area contributed by atoms with Crippen molar-refractivity contribution < 1.29 is 14.6 Å². The number of likely N-dealkylation sites (N-methyl/N-ethyl adjacent to an activating group) is 1. The van der Waals surface area contributed by atoms with Crippen LogP contribution >= 0.6 is 0 Å². The van der Waals surface area contributed by atoms with Gasteiger partial charge in [-0.2, -0.15) is 0 Å². The number of benzene rings is 2. The van der Waals surface area contributed by atoms with Gasteiger partial charge in [0.1, 0.15) is 5.60 Å². The normalized spacial score (nSPS) is 12.4. The Labute approximate surface area is 170 Å². The van der Waals surface area contributed by atoms with Crippen molar-refractivity contribution in [1.82, 2.24) is 4.90 Å². The Morgan fingerprint density at radius 1 is 0.964 bits per heavy atom. The van der Waals surface area contributed by atoms with E-state index in [9.17, 15) is 5.11 Å². The van der Waals surface area contributed by atoms with E-state index in [1.165, 1.54) is 5.56 Å². The zero-order valence-electron chi connectivity index (χ0n) is 18.2. The third-order valence-electron chi connectivity index (χ3n) is 4.57. The summed E-state index contributed by atoms with van der Waals surface area (Å²) in [5, 5.41) is 10.3. The molecule has 0 amide bonds. The van der Waals surface area contributed by atoms with Gasteiger partial charge in [0, 0.05) is 13.1 Å². The summed E-state index contributed by atoms with van der Waals surface area (Å²) in [6, 6.07) is 16.0. The maximum absolute atomic E-state index is 10.3. The lowest BCUT2D eigenvalue weighted by Gasteiger charge is -2.28. The second kappa shape index (κ2) is 9.44. The quantitative estimate of drug-likeness (QED) is 0.617. The van der Waals surface area contributed by atoms with Gasteiger partial charge in [-0.15, -0.1) is 0 Å². The summed E-state index contributed by atoms with van der Waals surface area (Å²) in [5.41, 5.74) is 1.83. The van der Waals surface area contributed by atoms with Crippen LogP contribution in [-0.2, 0) is 16.7 Å². The van der Waals surface area contributed by atoms with E-state index >= 15 is 0 Å². The third kappa shape index (κ3) is 7.17. The van der Waals surface area contributed by atoms with E-state index in [4.69, 9.17) is 9.47 Å². The van der Waals surface area contributed by atoms with Gasteiger partial charge in [0.15, 0.2) is 11.5 Å². The number of hydrogen-bond acceptors (Lipinski definition) is 4. The standard InChI is InChI=1S/C24H35NO3/c1-23(2,3)20-12-13-22(21(26)16-20)28-24(4,5)18-27-15-14-25(6)17-19-10-8-7-9-11-19/h7-13,16,26H,14-15,17-18H2,1-6H3. The molecule has 0 aliphatic carbocycles. The molecule has 154 valence electrons. The molecule has 0 fully saturated rings. The first-order valence-electron chi connectivity index (χ1n) is 9.89.